The van der Waals surface area contributed by atoms with E-state index in [9.17, 15) is 4.79 Å². The third-order valence-electron chi connectivity index (χ3n) is 3.72. The Balaban J connectivity index is 0.00000110. The first-order valence-electron chi connectivity index (χ1n) is 6.59. The molecular weight excluding hydrogens is 309 g/mol. The molecule has 1 amide bonds. The minimum Gasteiger partial charge on any atom is -0.336 e. The van der Waals surface area contributed by atoms with Gasteiger partial charge in [0.15, 0.2) is 0 Å². The van der Waals surface area contributed by atoms with E-state index in [2.05, 4.69) is 10.3 Å². The van der Waals surface area contributed by atoms with Crippen LogP contribution in [0, 0.1) is 0 Å². The van der Waals surface area contributed by atoms with Crippen LogP contribution in [0.3, 0.4) is 0 Å². The van der Waals surface area contributed by atoms with Gasteiger partial charge in [0.2, 0.25) is 0 Å². The Morgan fingerprint density at radius 2 is 2.00 bits per heavy atom. The molecule has 0 radical (unpaired) electrons. The van der Waals surface area contributed by atoms with Gasteiger partial charge in [0.1, 0.15) is 5.69 Å². The molecule has 3 rings (SSSR count). The third-order valence-corrected chi connectivity index (χ3v) is 3.72. The number of amides is 1. The first-order valence-corrected chi connectivity index (χ1v) is 6.59. The van der Waals surface area contributed by atoms with Gasteiger partial charge in [-0.2, -0.15) is 0 Å². The molecule has 0 saturated carbocycles. The number of halogens is 2. The van der Waals surface area contributed by atoms with Crippen LogP contribution in [0.5, 0.6) is 0 Å². The zero-order chi connectivity index (χ0) is 13.2. The van der Waals surface area contributed by atoms with Crippen molar-refractivity contribution in [1.82, 2.24) is 15.2 Å². The standard InChI is InChI=1S/C15H17N3O.2ClH/c1-18(12-8-9-16-10-12)15(19)14-7-6-11-4-2-3-5-13(11)17-14;;/h2-7,12,16H,8-10H2,1H3;2*1H. The number of para-hydroxylation sites is 1. The van der Waals surface area contributed by atoms with Crippen molar-refractivity contribution in [2.24, 2.45) is 0 Å². The highest BCUT2D eigenvalue weighted by Crippen LogP contribution is 2.15. The van der Waals surface area contributed by atoms with E-state index in [4.69, 9.17) is 0 Å². The number of nitrogens with one attached hydrogen (secondary N) is 1. The summed E-state index contributed by atoms with van der Waals surface area (Å²) in [5.74, 6) is -0.000506. The maximum atomic E-state index is 12.4. The highest BCUT2D eigenvalue weighted by molar-refractivity contribution is 5.95. The molecule has 114 valence electrons. The first-order chi connectivity index (χ1) is 9.25. The maximum absolute atomic E-state index is 12.4. The first kappa shape index (κ1) is 17.7. The lowest BCUT2D eigenvalue weighted by Crippen LogP contribution is -2.38. The summed E-state index contributed by atoms with van der Waals surface area (Å²) in [6, 6.07) is 11.9. The van der Waals surface area contributed by atoms with Gasteiger partial charge in [0, 0.05) is 25.0 Å². The van der Waals surface area contributed by atoms with Crippen LogP contribution in [-0.4, -0.2) is 42.0 Å². The number of aromatic nitrogens is 1. The van der Waals surface area contributed by atoms with Crippen molar-refractivity contribution in [3.8, 4) is 0 Å². The van der Waals surface area contributed by atoms with Crippen LogP contribution in [0.1, 0.15) is 16.9 Å². The van der Waals surface area contributed by atoms with Gasteiger partial charge in [-0.1, -0.05) is 24.3 Å². The Hall–Kier alpha value is -1.36. The minimum atomic E-state index is -0.000506. The molecule has 6 heteroatoms. The molecule has 21 heavy (non-hydrogen) atoms. The molecule has 1 atom stereocenters. The molecule has 2 aromatic rings. The molecule has 1 aliphatic heterocycles. The second-order valence-corrected chi connectivity index (χ2v) is 4.95. The second-order valence-electron chi connectivity index (χ2n) is 4.95. The van der Waals surface area contributed by atoms with Crippen molar-refractivity contribution >= 4 is 41.6 Å². The lowest BCUT2D eigenvalue weighted by atomic mass is 10.1. The summed E-state index contributed by atoms with van der Waals surface area (Å²) in [6.07, 6.45) is 1.01. The van der Waals surface area contributed by atoms with E-state index >= 15 is 0 Å². The lowest BCUT2D eigenvalue weighted by Gasteiger charge is -2.23. The molecule has 1 N–H and O–H groups in total. The van der Waals surface area contributed by atoms with E-state index in [1.165, 1.54) is 0 Å². The van der Waals surface area contributed by atoms with Crippen molar-refractivity contribution in [2.75, 3.05) is 20.1 Å². The molecule has 0 aliphatic carbocycles. The predicted molar refractivity (Wildman–Crippen MR) is 89.6 cm³/mol. The van der Waals surface area contributed by atoms with Crippen molar-refractivity contribution < 1.29 is 4.79 Å². The fourth-order valence-electron chi connectivity index (χ4n) is 2.50. The maximum Gasteiger partial charge on any atom is 0.272 e. The molecule has 2 heterocycles. The van der Waals surface area contributed by atoms with Crippen LogP contribution in [0.4, 0.5) is 0 Å². The number of carbonyl (C=O) groups is 1. The number of hydrogen-bond acceptors (Lipinski definition) is 3. The summed E-state index contributed by atoms with van der Waals surface area (Å²) < 4.78 is 0. The molecule has 1 aromatic carbocycles. The van der Waals surface area contributed by atoms with E-state index in [-0.39, 0.29) is 36.8 Å². The Bertz CT molecular complexity index is 615. The smallest absolute Gasteiger partial charge is 0.272 e. The van der Waals surface area contributed by atoms with Gasteiger partial charge in [-0.15, -0.1) is 24.8 Å². The number of nitrogens with zero attached hydrogens (tertiary/aromatic N) is 2. The molecule has 4 nitrogen and oxygen atoms in total. The van der Waals surface area contributed by atoms with Gasteiger partial charge in [0.25, 0.3) is 5.91 Å². The molecule has 1 aromatic heterocycles. The van der Waals surface area contributed by atoms with Crippen molar-refractivity contribution in [2.45, 2.75) is 12.5 Å². The van der Waals surface area contributed by atoms with Gasteiger partial charge in [0.05, 0.1) is 5.52 Å². The number of hydrogen-bond donors (Lipinski definition) is 1. The van der Waals surface area contributed by atoms with Crippen LogP contribution in [-0.2, 0) is 0 Å². The minimum absolute atomic E-state index is 0. The van der Waals surface area contributed by atoms with Crippen LogP contribution in [0.25, 0.3) is 10.9 Å². The molecule has 1 unspecified atom stereocenters. The number of pyridine rings is 1. The van der Waals surface area contributed by atoms with Crippen LogP contribution >= 0.6 is 24.8 Å². The molecule has 0 bridgehead atoms. The number of likely N-dealkylation sites (N-methyl/N-ethyl adjacent to an activating group) is 1. The fraction of sp³-hybridized carbons (Fsp3) is 0.333. The van der Waals surface area contributed by atoms with E-state index in [0.29, 0.717) is 5.69 Å². The highest BCUT2D eigenvalue weighted by atomic mass is 35.5. The summed E-state index contributed by atoms with van der Waals surface area (Å²) in [4.78, 5) is 18.7. The monoisotopic (exact) mass is 327 g/mol. The van der Waals surface area contributed by atoms with Gasteiger partial charge in [-0.25, -0.2) is 4.98 Å². The zero-order valence-electron chi connectivity index (χ0n) is 11.8. The highest BCUT2D eigenvalue weighted by Gasteiger charge is 2.24. The van der Waals surface area contributed by atoms with Crippen LogP contribution < -0.4 is 5.32 Å². The molecule has 1 aliphatic rings. The van der Waals surface area contributed by atoms with E-state index in [1.807, 2.05) is 43.4 Å². The van der Waals surface area contributed by atoms with E-state index < -0.39 is 0 Å². The van der Waals surface area contributed by atoms with Gasteiger partial charge in [-0.05, 0) is 25.1 Å². The summed E-state index contributed by atoms with van der Waals surface area (Å²) in [5.41, 5.74) is 1.39. The average molecular weight is 328 g/mol. The topological polar surface area (TPSA) is 45.2 Å². The SMILES string of the molecule is CN(C(=O)c1ccc2ccccc2n1)C1CCNC1.Cl.Cl. The Labute approximate surface area is 136 Å². The lowest BCUT2D eigenvalue weighted by molar-refractivity contribution is 0.0738. The molecule has 1 saturated heterocycles. The summed E-state index contributed by atoms with van der Waals surface area (Å²) >= 11 is 0. The van der Waals surface area contributed by atoms with Crippen molar-refractivity contribution in [1.29, 1.82) is 0 Å². The van der Waals surface area contributed by atoms with Gasteiger partial charge >= 0.3 is 0 Å². The third kappa shape index (κ3) is 3.64. The zero-order valence-corrected chi connectivity index (χ0v) is 13.4. The molecule has 0 spiro atoms. The second kappa shape index (κ2) is 7.59. The van der Waals surface area contributed by atoms with Crippen LogP contribution in [0.15, 0.2) is 36.4 Å². The number of benzene rings is 1. The summed E-state index contributed by atoms with van der Waals surface area (Å²) in [6.45, 7) is 1.85. The van der Waals surface area contributed by atoms with Crippen molar-refractivity contribution in [3.63, 3.8) is 0 Å². The molecule has 1 fully saturated rings. The quantitative estimate of drug-likeness (QED) is 0.921. The largest absolute Gasteiger partial charge is 0.336 e. The number of rotatable bonds is 2. The Morgan fingerprint density at radius 1 is 1.24 bits per heavy atom. The number of fused-ring (bicyclic) bond motifs is 1. The average Bonchev–Trinajstić information content (AvgIpc) is 2.99. The van der Waals surface area contributed by atoms with Gasteiger partial charge in [-0.3, -0.25) is 4.79 Å². The molecular formula is C15H19Cl2N3O. The summed E-state index contributed by atoms with van der Waals surface area (Å²) in [5, 5.41) is 4.33. The fourth-order valence-corrected chi connectivity index (χ4v) is 2.50. The number of carbonyl (C=O) groups excluding carboxylic acids is 1. The van der Waals surface area contributed by atoms with E-state index in [0.717, 1.165) is 30.4 Å². The predicted octanol–water partition coefficient (Wildman–Crippen LogP) is 2.51. The van der Waals surface area contributed by atoms with Crippen LogP contribution in [0.2, 0.25) is 0 Å². The van der Waals surface area contributed by atoms with Gasteiger partial charge < -0.3 is 10.2 Å². The summed E-state index contributed by atoms with van der Waals surface area (Å²) in [7, 11) is 1.86. The Kier molecular flexibility index (Phi) is 6.40. The van der Waals surface area contributed by atoms with Crippen molar-refractivity contribution in [3.05, 3.63) is 42.1 Å². The van der Waals surface area contributed by atoms with E-state index in [1.54, 1.807) is 4.90 Å². The normalized spacial score (nSPS) is 16.9. The Morgan fingerprint density at radius 3 is 2.71 bits per heavy atom.